The number of rotatable bonds is 3. The predicted molar refractivity (Wildman–Crippen MR) is 79.3 cm³/mol. The number of hydrogen-bond acceptors (Lipinski definition) is 5. The van der Waals surface area contributed by atoms with Gasteiger partial charge in [-0.15, -0.1) is 0 Å². The lowest BCUT2D eigenvalue weighted by Gasteiger charge is -2.08. The molecule has 0 amide bonds. The van der Waals surface area contributed by atoms with Gasteiger partial charge in [-0.05, 0) is 18.2 Å². The molecule has 0 saturated carbocycles. The molecule has 0 spiro atoms. The number of ether oxygens (including phenoxy) is 1. The first kappa shape index (κ1) is 13.2. The van der Waals surface area contributed by atoms with E-state index in [4.69, 9.17) is 10.5 Å². The van der Waals surface area contributed by atoms with E-state index in [9.17, 15) is 4.79 Å². The van der Waals surface area contributed by atoms with Crippen molar-refractivity contribution in [2.45, 2.75) is 6.54 Å². The third kappa shape index (κ3) is 2.33. The predicted octanol–water partition coefficient (Wildman–Crippen LogP) is 0.769. The zero-order valence-corrected chi connectivity index (χ0v) is 11.8. The van der Waals surface area contributed by atoms with Crippen LogP contribution in [0.1, 0.15) is 5.56 Å². The monoisotopic (exact) mass is 285 g/mol. The number of hydrogen-bond donors (Lipinski definition) is 1. The smallest absolute Gasteiger partial charge is 0.345 e. The van der Waals surface area contributed by atoms with Gasteiger partial charge in [-0.3, -0.25) is 4.57 Å². The largest absolute Gasteiger partial charge is 0.497 e. The van der Waals surface area contributed by atoms with Crippen molar-refractivity contribution in [2.24, 2.45) is 7.05 Å². The minimum atomic E-state index is -0.191. The van der Waals surface area contributed by atoms with Crippen LogP contribution in [0.4, 0.5) is 5.82 Å². The van der Waals surface area contributed by atoms with Gasteiger partial charge < -0.3 is 10.5 Å². The Kier molecular flexibility index (Phi) is 3.09. The Morgan fingerprint density at radius 1 is 1.33 bits per heavy atom. The second kappa shape index (κ2) is 4.93. The third-order valence-electron chi connectivity index (χ3n) is 3.34. The molecule has 2 heterocycles. The van der Waals surface area contributed by atoms with Gasteiger partial charge in [-0.2, -0.15) is 5.10 Å². The number of anilines is 1. The summed E-state index contributed by atoms with van der Waals surface area (Å²) < 4.78 is 7.93. The molecule has 2 N–H and O–H groups in total. The van der Waals surface area contributed by atoms with Crippen LogP contribution >= 0.6 is 0 Å². The molecule has 0 radical (unpaired) electrons. The van der Waals surface area contributed by atoms with Crippen LogP contribution in [0.15, 0.2) is 35.4 Å². The van der Waals surface area contributed by atoms with E-state index in [-0.39, 0.29) is 5.69 Å². The molecule has 7 heteroatoms. The molecule has 0 unspecified atom stereocenters. The minimum Gasteiger partial charge on any atom is -0.497 e. The Morgan fingerprint density at radius 3 is 2.81 bits per heavy atom. The van der Waals surface area contributed by atoms with Gasteiger partial charge in [0.05, 0.1) is 19.2 Å². The summed E-state index contributed by atoms with van der Waals surface area (Å²) in [6, 6.07) is 7.50. The van der Waals surface area contributed by atoms with Crippen LogP contribution in [0.3, 0.4) is 0 Å². The van der Waals surface area contributed by atoms with Crippen LogP contribution in [-0.4, -0.2) is 26.4 Å². The quantitative estimate of drug-likeness (QED) is 0.768. The lowest BCUT2D eigenvalue weighted by molar-refractivity contribution is 0.415. The van der Waals surface area contributed by atoms with Gasteiger partial charge in [0, 0.05) is 24.1 Å². The summed E-state index contributed by atoms with van der Waals surface area (Å²) in [6.45, 7) is 0.292. The van der Waals surface area contributed by atoms with Gasteiger partial charge in [0.1, 0.15) is 17.9 Å². The molecule has 0 aliphatic rings. The highest BCUT2D eigenvalue weighted by molar-refractivity contribution is 5.82. The van der Waals surface area contributed by atoms with Crippen LogP contribution in [0.2, 0.25) is 0 Å². The molecular formula is C14H15N5O2. The molecule has 0 aliphatic carbocycles. The Balaban J connectivity index is 2.05. The van der Waals surface area contributed by atoms with Crippen molar-refractivity contribution in [2.75, 3.05) is 12.8 Å². The fourth-order valence-electron chi connectivity index (χ4n) is 2.15. The summed E-state index contributed by atoms with van der Waals surface area (Å²) in [5, 5.41) is 4.96. The number of methoxy groups -OCH3 is 1. The maximum Gasteiger partial charge on any atom is 0.345 e. The molecule has 0 saturated heterocycles. The molecular weight excluding hydrogens is 270 g/mol. The first-order valence-corrected chi connectivity index (χ1v) is 6.40. The van der Waals surface area contributed by atoms with Crippen molar-refractivity contribution in [3.05, 3.63) is 46.6 Å². The second-order valence-electron chi connectivity index (χ2n) is 4.77. The van der Waals surface area contributed by atoms with E-state index in [0.717, 1.165) is 22.2 Å². The van der Waals surface area contributed by atoms with E-state index >= 15 is 0 Å². The lowest BCUT2D eigenvalue weighted by atomic mass is 10.1. The van der Waals surface area contributed by atoms with E-state index in [1.807, 2.05) is 24.3 Å². The second-order valence-corrected chi connectivity index (χ2v) is 4.77. The standard InChI is InChI=1S/C14H15N5O2/c1-18-8-16-19(14(18)20)7-10-5-9-3-4-11(21-2)6-12(9)17-13(10)15/h3-6,8H,7H2,1-2H3,(H2,15,17). The van der Waals surface area contributed by atoms with Crippen LogP contribution < -0.4 is 16.2 Å². The highest BCUT2D eigenvalue weighted by Gasteiger charge is 2.09. The Labute approximate surface area is 120 Å². The van der Waals surface area contributed by atoms with Crippen LogP contribution in [0.25, 0.3) is 10.9 Å². The van der Waals surface area contributed by atoms with Gasteiger partial charge in [0.2, 0.25) is 0 Å². The fourth-order valence-corrected chi connectivity index (χ4v) is 2.15. The number of nitrogens with two attached hydrogens (primary N) is 1. The third-order valence-corrected chi connectivity index (χ3v) is 3.34. The number of aromatic nitrogens is 4. The zero-order valence-electron chi connectivity index (χ0n) is 11.8. The summed E-state index contributed by atoms with van der Waals surface area (Å²) in [7, 11) is 3.26. The average Bonchev–Trinajstić information content (AvgIpc) is 2.79. The first-order valence-electron chi connectivity index (χ1n) is 6.40. The number of nitrogens with zero attached hydrogens (tertiary/aromatic N) is 4. The highest BCUT2D eigenvalue weighted by atomic mass is 16.5. The van der Waals surface area contributed by atoms with Gasteiger partial charge >= 0.3 is 5.69 Å². The van der Waals surface area contributed by atoms with Gasteiger partial charge in [-0.1, -0.05) is 0 Å². The van der Waals surface area contributed by atoms with Crippen molar-refractivity contribution in [3.8, 4) is 5.75 Å². The van der Waals surface area contributed by atoms with Crippen molar-refractivity contribution in [1.29, 1.82) is 0 Å². The van der Waals surface area contributed by atoms with E-state index < -0.39 is 0 Å². The molecule has 1 aromatic carbocycles. The molecule has 2 aromatic heterocycles. The molecule has 3 aromatic rings. The number of nitrogen functional groups attached to an aromatic ring is 1. The van der Waals surface area contributed by atoms with Gasteiger partial charge in [0.15, 0.2) is 0 Å². The molecule has 0 fully saturated rings. The number of benzene rings is 1. The van der Waals surface area contributed by atoms with Crippen molar-refractivity contribution < 1.29 is 4.74 Å². The summed E-state index contributed by atoms with van der Waals surface area (Å²) in [5.74, 6) is 1.11. The van der Waals surface area contributed by atoms with Crippen molar-refractivity contribution >= 4 is 16.7 Å². The molecule has 3 rings (SSSR count). The van der Waals surface area contributed by atoms with E-state index in [1.54, 1.807) is 14.2 Å². The number of aryl methyl sites for hydroxylation is 1. The van der Waals surface area contributed by atoms with Crippen molar-refractivity contribution in [3.63, 3.8) is 0 Å². The van der Waals surface area contributed by atoms with Gasteiger partial charge in [-0.25, -0.2) is 14.5 Å². The highest BCUT2D eigenvalue weighted by Crippen LogP contribution is 2.23. The average molecular weight is 285 g/mol. The van der Waals surface area contributed by atoms with Crippen LogP contribution in [0.5, 0.6) is 5.75 Å². The molecule has 7 nitrogen and oxygen atoms in total. The Bertz CT molecular complexity index is 865. The van der Waals surface area contributed by atoms with Crippen molar-refractivity contribution in [1.82, 2.24) is 19.3 Å². The first-order chi connectivity index (χ1) is 10.1. The van der Waals surface area contributed by atoms with E-state index in [0.29, 0.717) is 12.4 Å². The van der Waals surface area contributed by atoms with E-state index in [1.165, 1.54) is 15.6 Å². The summed E-state index contributed by atoms with van der Waals surface area (Å²) in [4.78, 5) is 16.2. The topological polar surface area (TPSA) is 88.0 Å². The number of fused-ring (bicyclic) bond motifs is 1. The molecule has 108 valence electrons. The van der Waals surface area contributed by atoms with Gasteiger partial charge in [0.25, 0.3) is 0 Å². The molecule has 0 aliphatic heterocycles. The summed E-state index contributed by atoms with van der Waals surface area (Å²) >= 11 is 0. The fraction of sp³-hybridized carbons (Fsp3) is 0.214. The maximum atomic E-state index is 11.8. The van der Waals surface area contributed by atoms with Crippen LogP contribution in [-0.2, 0) is 13.6 Å². The zero-order chi connectivity index (χ0) is 15.0. The lowest BCUT2D eigenvalue weighted by Crippen LogP contribution is -2.24. The SMILES string of the molecule is COc1ccc2cc(Cn3ncn(C)c3=O)c(N)nc2c1. The van der Waals surface area contributed by atoms with Crippen LogP contribution in [0, 0.1) is 0 Å². The summed E-state index contributed by atoms with van der Waals surface area (Å²) in [6.07, 6.45) is 1.47. The normalized spacial score (nSPS) is 11.0. The maximum absolute atomic E-state index is 11.8. The minimum absolute atomic E-state index is 0.191. The molecule has 0 atom stereocenters. The van der Waals surface area contributed by atoms with E-state index in [2.05, 4.69) is 10.1 Å². The Hall–Kier alpha value is -2.83. The Morgan fingerprint density at radius 2 is 2.14 bits per heavy atom. The summed E-state index contributed by atoms with van der Waals surface area (Å²) in [5.41, 5.74) is 7.30. The molecule has 21 heavy (non-hydrogen) atoms. The number of pyridine rings is 1. The molecule has 0 bridgehead atoms.